The van der Waals surface area contributed by atoms with Gasteiger partial charge in [0.25, 0.3) is 0 Å². The fourth-order valence-corrected chi connectivity index (χ4v) is 2.84. The van der Waals surface area contributed by atoms with E-state index in [1.807, 2.05) is 12.1 Å². The number of benzene rings is 1. The summed E-state index contributed by atoms with van der Waals surface area (Å²) in [6.07, 6.45) is 2.48. The maximum Gasteiger partial charge on any atom is 0.0407 e. The highest BCUT2D eigenvalue weighted by atomic mass is 35.5. The van der Waals surface area contributed by atoms with Crippen molar-refractivity contribution in [3.63, 3.8) is 0 Å². The number of hydrogen-bond donors (Lipinski definition) is 1. The number of hydrogen-bond acceptors (Lipinski definition) is 2. The van der Waals surface area contributed by atoms with E-state index in [0.29, 0.717) is 6.04 Å². The Bertz CT molecular complexity index is 363. The minimum Gasteiger partial charge on any atom is -0.370 e. The van der Waals surface area contributed by atoms with Crippen LogP contribution in [0.5, 0.6) is 0 Å². The van der Waals surface area contributed by atoms with E-state index in [4.69, 9.17) is 11.6 Å². The molecule has 0 bridgehead atoms. The van der Waals surface area contributed by atoms with Crippen LogP contribution in [0, 0.1) is 5.92 Å². The molecule has 0 radical (unpaired) electrons. The Morgan fingerprint density at radius 3 is 2.67 bits per heavy atom. The average molecular weight is 267 g/mol. The molecule has 0 amide bonds. The smallest absolute Gasteiger partial charge is 0.0407 e. The van der Waals surface area contributed by atoms with E-state index in [1.54, 1.807) is 0 Å². The van der Waals surface area contributed by atoms with E-state index < -0.39 is 0 Å². The molecular weight excluding hydrogens is 244 g/mol. The summed E-state index contributed by atoms with van der Waals surface area (Å²) in [6, 6.07) is 8.81. The van der Waals surface area contributed by atoms with Gasteiger partial charge in [-0.3, -0.25) is 0 Å². The largest absolute Gasteiger partial charge is 0.370 e. The Hall–Kier alpha value is -0.730. The predicted octanol–water partition coefficient (Wildman–Crippen LogP) is 3.55. The molecule has 2 rings (SSSR count). The van der Waals surface area contributed by atoms with Gasteiger partial charge in [0.05, 0.1) is 0 Å². The van der Waals surface area contributed by atoms with Gasteiger partial charge in [-0.25, -0.2) is 0 Å². The third-order valence-corrected chi connectivity index (χ3v) is 3.79. The lowest BCUT2D eigenvalue weighted by Gasteiger charge is -2.38. The monoisotopic (exact) mass is 266 g/mol. The van der Waals surface area contributed by atoms with Crippen LogP contribution in [0.2, 0.25) is 5.02 Å². The number of anilines is 1. The fourth-order valence-electron chi connectivity index (χ4n) is 2.71. The number of piperidine rings is 1. The van der Waals surface area contributed by atoms with Crippen LogP contribution in [0.4, 0.5) is 5.69 Å². The fraction of sp³-hybridized carbons (Fsp3) is 0.600. The average Bonchev–Trinajstić information content (AvgIpc) is 2.36. The Morgan fingerprint density at radius 1 is 1.28 bits per heavy atom. The number of nitrogens with one attached hydrogen (secondary N) is 1. The van der Waals surface area contributed by atoms with Crippen molar-refractivity contribution in [1.29, 1.82) is 0 Å². The summed E-state index contributed by atoms with van der Waals surface area (Å²) in [5.41, 5.74) is 1.29. The molecule has 1 saturated heterocycles. The van der Waals surface area contributed by atoms with Crippen LogP contribution in [-0.4, -0.2) is 25.7 Å². The molecule has 100 valence electrons. The van der Waals surface area contributed by atoms with Gasteiger partial charge in [-0.05, 0) is 49.6 Å². The van der Waals surface area contributed by atoms with E-state index >= 15 is 0 Å². The topological polar surface area (TPSA) is 15.3 Å². The van der Waals surface area contributed by atoms with Crippen LogP contribution >= 0.6 is 11.6 Å². The lowest BCUT2D eigenvalue weighted by atomic mass is 9.95. The van der Waals surface area contributed by atoms with E-state index in [1.165, 1.54) is 18.5 Å². The van der Waals surface area contributed by atoms with E-state index in [2.05, 4.69) is 36.2 Å². The van der Waals surface area contributed by atoms with Crippen LogP contribution in [-0.2, 0) is 0 Å². The molecule has 0 saturated carbocycles. The third kappa shape index (κ3) is 3.63. The Balaban J connectivity index is 2.01. The second kappa shape index (κ2) is 6.44. The number of nitrogens with zero attached hydrogens (tertiary/aromatic N) is 1. The van der Waals surface area contributed by atoms with Gasteiger partial charge >= 0.3 is 0 Å². The summed E-state index contributed by atoms with van der Waals surface area (Å²) in [5.74, 6) is 0.740. The zero-order valence-electron chi connectivity index (χ0n) is 11.3. The summed E-state index contributed by atoms with van der Waals surface area (Å²) in [6.45, 7) is 7.92. The second-order valence-electron chi connectivity index (χ2n) is 5.37. The normalized spacial score (nSPS) is 24.3. The van der Waals surface area contributed by atoms with Gasteiger partial charge < -0.3 is 10.2 Å². The first-order valence-corrected chi connectivity index (χ1v) is 7.30. The number of rotatable bonds is 4. The second-order valence-corrected chi connectivity index (χ2v) is 5.81. The molecule has 0 aromatic heterocycles. The minimum atomic E-state index is 0.615. The van der Waals surface area contributed by atoms with Crippen molar-refractivity contribution in [2.24, 2.45) is 5.92 Å². The first-order valence-electron chi connectivity index (χ1n) is 6.93. The highest BCUT2D eigenvalue weighted by Crippen LogP contribution is 2.24. The molecule has 1 aliphatic rings. The van der Waals surface area contributed by atoms with Crippen molar-refractivity contribution < 1.29 is 0 Å². The summed E-state index contributed by atoms with van der Waals surface area (Å²) in [7, 11) is 0. The standard InChI is InChI=1S/C15H23ClN2/c1-3-8-17-14-9-12(2)10-18(11-14)15-6-4-13(16)5-7-15/h4-7,12,14,17H,3,8-11H2,1-2H3. The molecular formula is C15H23ClN2. The lowest BCUT2D eigenvalue weighted by molar-refractivity contribution is 0.351. The maximum absolute atomic E-state index is 5.95. The van der Waals surface area contributed by atoms with Crippen molar-refractivity contribution in [2.45, 2.75) is 32.7 Å². The summed E-state index contributed by atoms with van der Waals surface area (Å²) in [4.78, 5) is 2.47. The highest BCUT2D eigenvalue weighted by molar-refractivity contribution is 6.30. The van der Waals surface area contributed by atoms with Gasteiger partial charge in [-0.15, -0.1) is 0 Å². The van der Waals surface area contributed by atoms with Crippen molar-refractivity contribution in [3.8, 4) is 0 Å². The molecule has 2 unspecified atom stereocenters. The highest BCUT2D eigenvalue weighted by Gasteiger charge is 2.24. The molecule has 1 aromatic rings. The van der Waals surface area contributed by atoms with Crippen molar-refractivity contribution in [3.05, 3.63) is 29.3 Å². The van der Waals surface area contributed by atoms with Crippen molar-refractivity contribution in [1.82, 2.24) is 5.32 Å². The molecule has 2 nitrogen and oxygen atoms in total. The van der Waals surface area contributed by atoms with Crippen LogP contribution in [0.15, 0.2) is 24.3 Å². The van der Waals surface area contributed by atoms with Crippen molar-refractivity contribution >= 4 is 17.3 Å². The third-order valence-electron chi connectivity index (χ3n) is 3.53. The zero-order valence-corrected chi connectivity index (χ0v) is 12.1. The lowest BCUT2D eigenvalue weighted by Crippen LogP contribution is -2.49. The molecule has 18 heavy (non-hydrogen) atoms. The van der Waals surface area contributed by atoms with Crippen molar-refractivity contribution in [2.75, 3.05) is 24.5 Å². The van der Waals surface area contributed by atoms with Gasteiger partial charge in [0, 0.05) is 29.8 Å². The predicted molar refractivity (Wildman–Crippen MR) is 79.5 cm³/mol. The zero-order chi connectivity index (χ0) is 13.0. The maximum atomic E-state index is 5.95. The van der Waals surface area contributed by atoms with Crippen LogP contribution < -0.4 is 10.2 Å². The molecule has 1 N–H and O–H groups in total. The van der Waals surface area contributed by atoms with Gasteiger partial charge in [-0.1, -0.05) is 25.4 Å². The van der Waals surface area contributed by atoms with Crippen LogP contribution in [0.1, 0.15) is 26.7 Å². The van der Waals surface area contributed by atoms with E-state index in [-0.39, 0.29) is 0 Å². The SMILES string of the molecule is CCCNC1CC(C)CN(c2ccc(Cl)cc2)C1. The van der Waals surface area contributed by atoms with E-state index in [9.17, 15) is 0 Å². The molecule has 0 spiro atoms. The van der Waals surface area contributed by atoms with E-state index in [0.717, 1.165) is 30.6 Å². The van der Waals surface area contributed by atoms with Gasteiger partial charge in [0.1, 0.15) is 0 Å². The first kappa shape index (κ1) is 13.7. The summed E-state index contributed by atoms with van der Waals surface area (Å²) >= 11 is 5.95. The van der Waals surface area contributed by atoms with Crippen LogP contribution in [0.25, 0.3) is 0 Å². The quantitative estimate of drug-likeness (QED) is 0.897. The molecule has 1 aliphatic heterocycles. The minimum absolute atomic E-state index is 0.615. The molecule has 1 fully saturated rings. The molecule has 0 aliphatic carbocycles. The van der Waals surface area contributed by atoms with Gasteiger partial charge in [-0.2, -0.15) is 0 Å². The number of halogens is 1. The Kier molecular flexibility index (Phi) is 4.90. The van der Waals surface area contributed by atoms with Gasteiger partial charge in [0.15, 0.2) is 0 Å². The Labute approximate surface area is 115 Å². The van der Waals surface area contributed by atoms with Crippen LogP contribution in [0.3, 0.4) is 0 Å². The molecule has 2 atom stereocenters. The molecule has 1 aromatic carbocycles. The first-order chi connectivity index (χ1) is 8.69. The summed E-state index contributed by atoms with van der Waals surface area (Å²) < 4.78 is 0. The molecule has 3 heteroatoms. The Morgan fingerprint density at radius 2 is 2.00 bits per heavy atom. The molecule has 1 heterocycles. The van der Waals surface area contributed by atoms with Gasteiger partial charge in [0.2, 0.25) is 0 Å². The summed E-state index contributed by atoms with van der Waals surface area (Å²) in [5, 5.41) is 4.45.